The van der Waals surface area contributed by atoms with Gasteiger partial charge in [-0.05, 0) is 142 Å². The van der Waals surface area contributed by atoms with Crippen LogP contribution in [0.1, 0.15) is 163 Å². The molecule has 4 bridgehead atoms. The van der Waals surface area contributed by atoms with Crippen LogP contribution in [0.3, 0.4) is 0 Å². The van der Waals surface area contributed by atoms with Gasteiger partial charge in [0.1, 0.15) is 0 Å². The number of nitrogens with zero attached hydrogens (tertiary/aromatic N) is 2. The Hall–Kier alpha value is -3.44. The molecule has 8 rings (SSSR count). The zero-order valence-electron chi connectivity index (χ0n) is 33.2. The summed E-state index contributed by atoms with van der Waals surface area (Å²) in [5, 5.41) is 13.8. The Morgan fingerprint density at radius 1 is 0.589 bits per heavy atom. The third kappa shape index (κ3) is 9.46. The minimum Gasteiger partial charge on any atom is -0.475 e. The predicted molar refractivity (Wildman–Crippen MR) is 209 cm³/mol. The van der Waals surface area contributed by atoms with Crippen molar-refractivity contribution >= 4 is 17.8 Å². The van der Waals surface area contributed by atoms with Gasteiger partial charge in [0.2, 0.25) is 11.8 Å². The van der Waals surface area contributed by atoms with E-state index >= 15 is 0 Å². The lowest BCUT2D eigenvalue weighted by molar-refractivity contribution is -0.192. The highest BCUT2D eigenvalue weighted by Gasteiger charge is 2.45. The Morgan fingerprint density at radius 2 is 0.893 bits per heavy atom. The van der Waals surface area contributed by atoms with Crippen molar-refractivity contribution in [2.45, 2.75) is 159 Å². The molecule has 2 amide bonds. The average Bonchev–Trinajstić information content (AvgIpc) is 3.92. The molecule has 4 fully saturated rings. The van der Waals surface area contributed by atoms with Crippen molar-refractivity contribution in [1.82, 2.24) is 20.4 Å². The second kappa shape index (κ2) is 17.2. The normalized spacial score (nSPS) is 29.6. The third-order valence-corrected chi connectivity index (χ3v) is 14.0. The molecule has 56 heavy (non-hydrogen) atoms. The molecule has 306 valence electrons. The Morgan fingerprint density at radius 3 is 1.18 bits per heavy atom. The van der Waals surface area contributed by atoms with E-state index < -0.39 is 12.1 Å². The number of carboxylic acids is 1. The number of hydrogen-bond donors (Lipinski definition) is 3. The molecule has 4 heterocycles. The second-order valence-corrected chi connectivity index (χ2v) is 18.4. The molecule has 0 radical (unpaired) electrons. The van der Waals surface area contributed by atoms with Gasteiger partial charge in [0.05, 0.1) is 0 Å². The van der Waals surface area contributed by atoms with Crippen molar-refractivity contribution < 1.29 is 32.7 Å². The van der Waals surface area contributed by atoms with E-state index in [2.05, 4.69) is 82.8 Å². The van der Waals surface area contributed by atoms with Crippen LogP contribution in [0.5, 0.6) is 0 Å². The van der Waals surface area contributed by atoms with E-state index in [0.717, 1.165) is 37.5 Å². The van der Waals surface area contributed by atoms with E-state index in [1.807, 2.05) is 0 Å². The molecule has 2 aromatic carbocycles. The molecular formula is C45H61F3N4O4. The summed E-state index contributed by atoms with van der Waals surface area (Å²) in [6.07, 6.45) is 12.7. The van der Waals surface area contributed by atoms with Crippen LogP contribution >= 0.6 is 0 Å². The number of nitrogens with one attached hydrogen (secondary N) is 2. The molecule has 11 heteroatoms. The van der Waals surface area contributed by atoms with Crippen LogP contribution in [0.4, 0.5) is 13.2 Å². The van der Waals surface area contributed by atoms with E-state index in [0.29, 0.717) is 37.0 Å². The fourth-order valence-corrected chi connectivity index (χ4v) is 11.3. The highest BCUT2D eigenvalue weighted by molar-refractivity contribution is 5.80. The first-order valence-corrected chi connectivity index (χ1v) is 21.3. The number of fused-ring (bicyclic) bond motifs is 10. The Labute approximate surface area is 330 Å². The predicted octanol–water partition coefficient (Wildman–Crippen LogP) is 9.34. The van der Waals surface area contributed by atoms with Crippen molar-refractivity contribution in [2.75, 3.05) is 13.1 Å². The van der Waals surface area contributed by atoms with Crippen LogP contribution in [0.25, 0.3) is 0 Å². The van der Waals surface area contributed by atoms with Gasteiger partial charge in [0, 0.05) is 49.1 Å². The maximum Gasteiger partial charge on any atom is 0.490 e. The molecule has 0 spiro atoms. The zero-order chi connectivity index (χ0) is 39.6. The Kier molecular flexibility index (Phi) is 12.5. The number of alkyl halides is 3. The van der Waals surface area contributed by atoms with E-state index in [1.54, 1.807) is 22.3 Å². The van der Waals surface area contributed by atoms with Crippen molar-refractivity contribution in [3.05, 3.63) is 70.8 Å². The number of halogens is 3. The number of carboxylic acid groups (broad SMARTS) is 1. The number of carbonyl (C=O) groups excluding carboxylic acids is 2. The van der Waals surface area contributed by atoms with Crippen LogP contribution < -0.4 is 10.6 Å². The third-order valence-electron chi connectivity index (χ3n) is 14.0. The molecule has 8 nitrogen and oxygen atoms in total. The zero-order valence-corrected chi connectivity index (χ0v) is 33.2. The summed E-state index contributed by atoms with van der Waals surface area (Å²) >= 11 is 0. The Balaban J connectivity index is 0.000000629. The molecule has 2 saturated carbocycles. The quantitative estimate of drug-likeness (QED) is 0.199. The van der Waals surface area contributed by atoms with Crippen molar-refractivity contribution in [1.29, 1.82) is 0 Å². The lowest BCUT2D eigenvalue weighted by Crippen LogP contribution is -2.42. The van der Waals surface area contributed by atoms with Gasteiger partial charge in [-0.25, -0.2) is 4.79 Å². The molecule has 3 N–H and O–H groups in total. The first-order valence-electron chi connectivity index (χ1n) is 21.3. The van der Waals surface area contributed by atoms with Gasteiger partial charge in [-0.3, -0.25) is 19.4 Å². The molecule has 0 aromatic heterocycles. The summed E-state index contributed by atoms with van der Waals surface area (Å²) in [5.74, 6) is -0.994. The lowest BCUT2D eigenvalue weighted by atomic mass is 9.82. The Bertz CT molecular complexity index is 1530. The summed E-state index contributed by atoms with van der Waals surface area (Å²) in [4.78, 5) is 40.7. The summed E-state index contributed by atoms with van der Waals surface area (Å²) < 4.78 is 31.7. The average molecular weight is 779 g/mol. The first-order chi connectivity index (χ1) is 26.8. The van der Waals surface area contributed by atoms with Crippen LogP contribution in [-0.4, -0.2) is 64.0 Å². The molecule has 2 aliphatic carbocycles. The fraction of sp³-hybridized carbons (Fsp3) is 0.667. The molecule has 4 aliphatic heterocycles. The maximum atomic E-state index is 13.1. The molecular weight excluding hydrogens is 718 g/mol. The number of hydrogen-bond acceptors (Lipinski definition) is 5. The second-order valence-electron chi connectivity index (χ2n) is 18.4. The largest absolute Gasteiger partial charge is 0.490 e. The molecule has 2 saturated heterocycles. The smallest absolute Gasteiger partial charge is 0.475 e. The van der Waals surface area contributed by atoms with Gasteiger partial charge in [0.25, 0.3) is 0 Å². The minimum atomic E-state index is -5.08. The van der Waals surface area contributed by atoms with E-state index in [9.17, 15) is 22.8 Å². The fourth-order valence-electron chi connectivity index (χ4n) is 11.3. The van der Waals surface area contributed by atoms with E-state index in [4.69, 9.17) is 9.90 Å². The minimum absolute atomic E-state index is 0.114. The van der Waals surface area contributed by atoms with Gasteiger partial charge in [-0.1, -0.05) is 62.4 Å². The molecule has 2 aromatic rings. The van der Waals surface area contributed by atoms with Crippen molar-refractivity contribution in [3.63, 3.8) is 0 Å². The molecule has 0 unspecified atom stereocenters. The summed E-state index contributed by atoms with van der Waals surface area (Å²) in [6.45, 7) is 6.57. The van der Waals surface area contributed by atoms with Gasteiger partial charge >= 0.3 is 12.1 Å². The van der Waals surface area contributed by atoms with Crippen LogP contribution in [0, 0.1) is 17.3 Å². The SMILES string of the molecule is CC(C)(CC(=O)N[C@H]1CC[C@H](CCN2[C@@H]3CC[C@H]2c2ccccc23)CC1)CC(=O)N[C@H]1CC[C@H](CCN2[C@@H]3CC[C@H]2c2ccccc23)CC1.O=C(O)C(F)(F)F. The van der Waals surface area contributed by atoms with Crippen LogP contribution in [0.2, 0.25) is 0 Å². The van der Waals surface area contributed by atoms with Gasteiger partial charge in [0.15, 0.2) is 0 Å². The van der Waals surface area contributed by atoms with Crippen molar-refractivity contribution in [2.24, 2.45) is 17.3 Å². The number of benzene rings is 2. The number of amides is 2. The van der Waals surface area contributed by atoms with Crippen molar-refractivity contribution in [3.8, 4) is 0 Å². The number of rotatable bonds is 12. The highest BCUT2D eigenvalue weighted by atomic mass is 19.4. The molecule has 6 aliphatic rings. The van der Waals surface area contributed by atoms with Gasteiger partial charge in [-0.2, -0.15) is 13.2 Å². The topological polar surface area (TPSA) is 102 Å². The number of carbonyl (C=O) groups is 3. The van der Waals surface area contributed by atoms with E-state index in [1.165, 1.54) is 77.3 Å². The summed E-state index contributed by atoms with van der Waals surface area (Å²) in [7, 11) is 0. The summed E-state index contributed by atoms with van der Waals surface area (Å²) in [5.41, 5.74) is 5.97. The summed E-state index contributed by atoms with van der Waals surface area (Å²) in [6, 6.07) is 21.3. The lowest BCUT2D eigenvalue weighted by Gasteiger charge is -2.33. The first kappa shape index (κ1) is 40.7. The van der Waals surface area contributed by atoms with Crippen LogP contribution in [-0.2, 0) is 14.4 Å². The maximum absolute atomic E-state index is 13.1. The van der Waals surface area contributed by atoms with Crippen LogP contribution in [0.15, 0.2) is 48.5 Å². The monoisotopic (exact) mass is 778 g/mol. The standard InChI is InChI=1S/C43H60N4O2.C2HF3O2/c1-43(2,27-41(48)44-31-15-11-29(12-16-31)23-25-46-37-19-20-38(46)34-8-4-3-7-33(34)37)28-42(49)45-32-17-13-30(14-18-32)24-26-47-39-21-22-40(47)36-10-6-5-9-35(36)39;3-2(4,5)1(6)7/h3-10,29-32,37-40H,11-28H2,1-2H3,(H,44,48)(H,45,49);(H,6,7)/t29-,30-,31-,32-,37-,38+,39-,40+;. The van der Waals surface area contributed by atoms with Gasteiger partial charge < -0.3 is 15.7 Å². The number of aliphatic carboxylic acids is 1. The van der Waals surface area contributed by atoms with Gasteiger partial charge in [-0.15, -0.1) is 0 Å². The van der Waals surface area contributed by atoms with E-state index in [-0.39, 0.29) is 29.3 Å². The molecule has 4 atom stereocenters. The highest BCUT2D eigenvalue weighted by Crippen LogP contribution is 2.54.